The molecule has 3 heterocycles. The van der Waals surface area contributed by atoms with Crippen molar-refractivity contribution < 1.29 is 19.1 Å². The Morgan fingerprint density at radius 3 is 2.85 bits per heavy atom. The highest BCUT2D eigenvalue weighted by Gasteiger charge is 2.50. The van der Waals surface area contributed by atoms with Crippen molar-refractivity contribution in [2.24, 2.45) is 0 Å². The van der Waals surface area contributed by atoms with E-state index in [1.54, 1.807) is 41.2 Å². The van der Waals surface area contributed by atoms with E-state index in [1.807, 2.05) is 23.6 Å². The third-order valence-electron chi connectivity index (χ3n) is 4.61. The molecule has 1 fully saturated rings. The van der Waals surface area contributed by atoms with E-state index in [-0.39, 0.29) is 17.2 Å². The average molecular weight is 390 g/mol. The second-order valence-corrected chi connectivity index (χ2v) is 8.12. The first-order chi connectivity index (χ1) is 12.7. The summed E-state index contributed by atoms with van der Waals surface area (Å²) in [6, 6.07) is 7.14. The maximum atomic E-state index is 13.1. The quantitative estimate of drug-likeness (QED) is 0.850. The van der Waals surface area contributed by atoms with E-state index < -0.39 is 6.04 Å². The van der Waals surface area contributed by atoms with Gasteiger partial charge in [0.15, 0.2) is 11.5 Å². The zero-order valence-electron chi connectivity index (χ0n) is 14.4. The number of nitrogens with zero attached hydrogens (tertiary/aromatic N) is 1. The van der Waals surface area contributed by atoms with Crippen LogP contribution in [0.1, 0.15) is 26.2 Å². The van der Waals surface area contributed by atoms with Crippen LogP contribution in [-0.4, -0.2) is 42.7 Å². The first-order valence-corrected chi connectivity index (χ1v) is 10.1. The van der Waals surface area contributed by atoms with Gasteiger partial charge >= 0.3 is 0 Å². The number of rotatable bonds is 5. The summed E-state index contributed by atoms with van der Waals surface area (Å²) in [7, 11) is 3.06. The number of carbonyl (C=O) groups excluding carboxylic acids is 2. The second kappa shape index (κ2) is 6.85. The first-order valence-electron chi connectivity index (χ1n) is 8.15. The molecule has 0 saturated carbocycles. The fraction of sp³-hybridized carbons (Fsp3) is 0.333. The molecule has 2 amide bonds. The minimum atomic E-state index is -0.486. The summed E-state index contributed by atoms with van der Waals surface area (Å²) in [5.41, 5.74) is 1.38. The van der Waals surface area contributed by atoms with Crippen molar-refractivity contribution in [1.82, 2.24) is 10.2 Å². The third-order valence-corrected chi connectivity index (χ3v) is 6.79. The van der Waals surface area contributed by atoms with Gasteiger partial charge in [-0.25, -0.2) is 0 Å². The van der Waals surface area contributed by atoms with Gasteiger partial charge in [0.25, 0.3) is 5.91 Å². The molecule has 0 unspecified atom stereocenters. The molecule has 0 spiro atoms. The topological polar surface area (TPSA) is 67.9 Å². The van der Waals surface area contributed by atoms with Gasteiger partial charge in [0.05, 0.1) is 26.3 Å². The Morgan fingerprint density at radius 2 is 2.15 bits per heavy atom. The number of hydrogen-bond acceptors (Lipinski definition) is 6. The van der Waals surface area contributed by atoms with Crippen LogP contribution in [0.25, 0.3) is 0 Å². The van der Waals surface area contributed by atoms with Crippen molar-refractivity contribution in [3.05, 3.63) is 45.6 Å². The van der Waals surface area contributed by atoms with E-state index in [4.69, 9.17) is 9.47 Å². The lowest BCUT2D eigenvalue weighted by Crippen LogP contribution is -2.45. The molecule has 6 nitrogen and oxygen atoms in total. The van der Waals surface area contributed by atoms with Crippen LogP contribution in [-0.2, 0) is 11.3 Å². The highest BCUT2D eigenvalue weighted by molar-refractivity contribution is 7.99. The van der Waals surface area contributed by atoms with E-state index in [1.165, 1.54) is 7.11 Å². The summed E-state index contributed by atoms with van der Waals surface area (Å²) >= 11 is 3.20. The second-order valence-electron chi connectivity index (χ2n) is 5.98. The molecule has 1 aromatic heterocycles. The van der Waals surface area contributed by atoms with E-state index >= 15 is 0 Å². The van der Waals surface area contributed by atoms with Crippen LogP contribution in [0.3, 0.4) is 0 Å². The van der Waals surface area contributed by atoms with E-state index in [2.05, 4.69) is 5.32 Å². The van der Waals surface area contributed by atoms with Crippen LogP contribution >= 0.6 is 23.1 Å². The summed E-state index contributed by atoms with van der Waals surface area (Å²) in [5, 5.41) is 4.76. The lowest BCUT2D eigenvalue weighted by atomic mass is 10.1. The molecule has 1 N–H and O–H groups in total. The number of carbonyl (C=O) groups is 2. The molecule has 1 saturated heterocycles. The maximum Gasteiger partial charge on any atom is 0.260 e. The number of nitrogens with one attached hydrogen (secondary N) is 1. The number of thioether (sulfide) groups is 1. The summed E-state index contributed by atoms with van der Waals surface area (Å²) in [5.74, 6) is 1.23. The smallest absolute Gasteiger partial charge is 0.260 e. The molecule has 2 aliphatic heterocycles. The Labute approximate surface area is 159 Å². The number of fused-ring (bicyclic) bond motifs is 3. The molecular weight excluding hydrogens is 372 g/mol. The Kier molecular flexibility index (Phi) is 4.54. The summed E-state index contributed by atoms with van der Waals surface area (Å²) in [6.07, 6.45) is 0. The Morgan fingerprint density at radius 1 is 1.31 bits per heavy atom. The maximum absolute atomic E-state index is 13.1. The minimum Gasteiger partial charge on any atom is -0.493 e. The Bertz CT molecular complexity index is 853. The van der Waals surface area contributed by atoms with E-state index in [9.17, 15) is 9.59 Å². The highest BCUT2D eigenvalue weighted by Crippen LogP contribution is 2.52. The van der Waals surface area contributed by atoms with Crippen LogP contribution in [0.2, 0.25) is 0 Å². The lowest BCUT2D eigenvalue weighted by molar-refractivity contribution is -0.124. The van der Waals surface area contributed by atoms with Gasteiger partial charge in [0.1, 0.15) is 11.4 Å². The summed E-state index contributed by atoms with van der Waals surface area (Å²) in [6.45, 7) is 0.481. The van der Waals surface area contributed by atoms with Gasteiger partial charge in [0, 0.05) is 16.2 Å². The van der Waals surface area contributed by atoms with Gasteiger partial charge in [-0.05, 0) is 17.5 Å². The van der Waals surface area contributed by atoms with Crippen molar-refractivity contribution in [2.75, 3.05) is 20.0 Å². The zero-order chi connectivity index (χ0) is 18.3. The van der Waals surface area contributed by atoms with Gasteiger partial charge < -0.3 is 19.7 Å². The van der Waals surface area contributed by atoms with Crippen molar-refractivity contribution >= 4 is 34.9 Å². The van der Waals surface area contributed by atoms with Gasteiger partial charge in [-0.1, -0.05) is 12.1 Å². The Hall–Kier alpha value is -2.19. The average Bonchev–Trinajstić information content (AvgIpc) is 3.37. The lowest BCUT2D eigenvalue weighted by Gasteiger charge is -2.22. The standard InChI is InChI=1S/C18H18N2O4S2/c1-23-13-6-5-11-14(15(13)24-2)17(22)20-12(9-26-18(11)20)16(21)19-8-10-4-3-7-25-10/h3-7,12,18H,8-9H2,1-2H3,(H,19,21)/t12-,18-/m1/s1. The molecule has 2 aliphatic rings. The van der Waals surface area contributed by atoms with Crippen molar-refractivity contribution in [3.63, 3.8) is 0 Å². The number of hydrogen-bond donors (Lipinski definition) is 1. The molecule has 4 rings (SSSR count). The molecule has 2 aromatic rings. The molecule has 1 aromatic carbocycles. The van der Waals surface area contributed by atoms with Crippen LogP contribution in [0.4, 0.5) is 0 Å². The molecule has 0 bridgehead atoms. The van der Waals surface area contributed by atoms with Gasteiger partial charge in [-0.2, -0.15) is 0 Å². The molecule has 26 heavy (non-hydrogen) atoms. The number of methoxy groups -OCH3 is 2. The van der Waals surface area contributed by atoms with E-state index in [0.717, 1.165) is 10.4 Å². The highest BCUT2D eigenvalue weighted by atomic mass is 32.2. The van der Waals surface area contributed by atoms with Crippen LogP contribution in [0.15, 0.2) is 29.6 Å². The predicted octanol–water partition coefficient (Wildman–Crippen LogP) is 2.65. The molecule has 0 aliphatic carbocycles. The zero-order valence-corrected chi connectivity index (χ0v) is 16.0. The third kappa shape index (κ3) is 2.64. The van der Waals surface area contributed by atoms with Crippen molar-refractivity contribution in [3.8, 4) is 11.5 Å². The van der Waals surface area contributed by atoms with Crippen LogP contribution in [0.5, 0.6) is 11.5 Å². The van der Waals surface area contributed by atoms with Gasteiger partial charge in [-0.3, -0.25) is 9.59 Å². The summed E-state index contributed by atoms with van der Waals surface area (Å²) < 4.78 is 10.7. The first kappa shape index (κ1) is 17.2. The number of benzene rings is 1. The largest absolute Gasteiger partial charge is 0.493 e. The normalized spacial score (nSPS) is 20.7. The Balaban J connectivity index is 1.58. The predicted molar refractivity (Wildman–Crippen MR) is 101 cm³/mol. The van der Waals surface area contributed by atoms with Crippen molar-refractivity contribution in [1.29, 1.82) is 0 Å². The number of ether oxygens (including phenoxy) is 2. The SMILES string of the molecule is COc1ccc2c(c1OC)C(=O)N1[C@@H](C(=O)NCc3cccs3)CS[C@H]21. The van der Waals surface area contributed by atoms with Crippen LogP contribution < -0.4 is 14.8 Å². The molecule has 136 valence electrons. The molecule has 2 atom stereocenters. The molecule has 0 radical (unpaired) electrons. The molecular formula is C18H18N2O4S2. The van der Waals surface area contributed by atoms with E-state index in [0.29, 0.717) is 29.4 Å². The summed E-state index contributed by atoms with van der Waals surface area (Å²) in [4.78, 5) is 28.5. The van der Waals surface area contributed by atoms with Crippen LogP contribution in [0, 0.1) is 0 Å². The monoisotopic (exact) mass is 390 g/mol. The minimum absolute atomic E-state index is 0.125. The molecule has 8 heteroatoms. The number of thiophene rings is 1. The van der Waals surface area contributed by atoms with Gasteiger partial charge in [-0.15, -0.1) is 23.1 Å². The van der Waals surface area contributed by atoms with Gasteiger partial charge in [0.2, 0.25) is 5.91 Å². The number of amides is 2. The van der Waals surface area contributed by atoms with Crippen molar-refractivity contribution in [2.45, 2.75) is 18.0 Å². The fourth-order valence-corrected chi connectivity index (χ4v) is 5.50. The fourth-order valence-electron chi connectivity index (χ4n) is 3.40.